The van der Waals surface area contributed by atoms with Crippen LogP contribution in [-0.4, -0.2) is 32.2 Å². The van der Waals surface area contributed by atoms with Gasteiger partial charge in [0, 0.05) is 35.5 Å². The van der Waals surface area contributed by atoms with Crippen molar-refractivity contribution in [2.75, 3.05) is 17.6 Å². The van der Waals surface area contributed by atoms with Crippen LogP contribution in [-0.2, 0) is 18.6 Å². The molecule has 0 unspecified atom stereocenters. The normalized spacial score (nSPS) is 10.8. The van der Waals surface area contributed by atoms with E-state index in [1.165, 1.54) is 5.56 Å². The summed E-state index contributed by atoms with van der Waals surface area (Å²) in [5, 5.41) is 3.17. The van der Waals surface area contributed by atoms with Crippen LogP contribution < -0.4 is 10.9 Å². The Hall–Kier alpha value is -2.54. The van der Waals surface area contributed by atoms with E-state index in [0.717, 1.165) is 35.9 Å². The van der Waals surface area contributed by atoms with Crippen LogP contribution in [0.3, 0.4) is 0 Å². The number of hydrogen-bond acceptors (Lipinski definition) is 5. The summed E-state index contributed by atoms with van der Waals surface area (Å²) in [7, 11) is 0. The van der Waals surface area contributed by atoms with E-state index in [0.29, 0.717) is 17.9 Å². The molecule has 0 bridgehead atoms. The van der Waals surface area contributed by atoms with Crippen molar-refractivity contribution in [3.8, 4) is 0 Å². The van der Waals surface area contributed by atoms with Crippen molar-refractivity contribution < 1.29 is 0 Å². The van der Waals surface area contributed by atoms with Crippen molar-refractivity contribution in [1.29, 1.82) is 0 Å². The first-order chi connectivity index (χ1) is 12.7. The maximum absolute atomic E-state index is 12.2. The van der Waals surface area contributed by atoms with Crippen molar-refractivity contribution in [2.45, 2.75) is 25.5 Å². The van der Waals surface area contributed by atoms with Crippen molar-refractivity contribution in [3.63, 3.8) is 0 Å². The third kappa shape index (κ3) is 5.23. The van der Waals surface area contributed by atoms with Crippen LogP contribution in [0, 0.1) is 6.92 Å². The summed E-state index contributed by atoms with van der Waals surface area (Å²) >= 11 is 1.79. The molecule has 0 radical (unpaired) electrons. The standard InChI is InChI=1S/C19H23N5OS/c1-14-17(23-13-22-14)12-26-10-9-20-19-21-11-16(18(25)24-19)8-7-15-5-3-2-4-6-15/h2-6,11,13H,7-10,12H2,1H3,(H,22,23)(H2,20,21,24,25). The van der Waals surface area contributed by atoms with Gasteiger partial charge in [-0.15, -0.1) is 0 Å². The number of rotatable bonds is 9. The minimum atomic E-state index is -0.0711. The number of aromatic nitrogens is 4. The van der Waals surface area contributed by atoms with Crippen LogP contribution in [0.4, 0.5) is 5.95 Å². The quantitative estimate of drug-likeness (QED) is 0.505. The zero-order chi connectivity index (χ0) is 18.2. The summed E-state index contributed by atoms with van der Waals surface area (Å²) < 4.78 is 0. The summed E-state index contributed by atoms with van der Waals surface area (Å²) in [6.07, 6.45) is 4.91. The molecule has 1 aromatic carbocycles. The van der Waals surface area contributed by atoms with Crippen LogP contribution in [0.15, 0.2) is 47.7 Å². The predicted molar refractivity (Wildman–Crippen MR) is 107 cm³/mol. The molecule has 0 amide bonds. The zero-order valence-electron chi connectivity index (χ0n) is 14.8. The predicted octanol–water partition coefficient (Wildman–Crippen LogP) is 2.93. The monoisotopic (exact) mass is 369 g/mol. The van der Waals surface area contributed by atoms with E-state index in [4.69, 9.17) is 0 Å². The Labute approximate surface area is 156 Å². The summed E-state index contributed by atoms with van der Waals surface area (Å²) in [6, 6.07) is 10.2. The number of nitrogens with zero attached hydrogens (tertiary/aromatic N) is 2. The smallest absolute Gasteiger partial charge is 0.255 e. The van der Waals surface area contributed by atoms with E-state index in [1.54, 1.807) is 24.3 Å². The van der Waals surface area contributed by atoms with Gasteiger partial charge in [0.05, 0.1) is 12.0 Å². The Kier molecular flexibility index (Phi) is 6.49. The Balaban J connectivity index is 1.42. The van der Waals surface area contributed by atoms with Gasteiger partial charge in [-0.25, -0.2) is 9.97 Å². The van der Waals surface area contributed by atoms with E-state index in [2.05, 4.69) is 37.4 Å². The van der Waals surface area contributed by atoms with Crippen molar-refractivity contribution in [1.82, 2.24) is 19.9 Å². The second-order valence-electron chi connectivity index (χ2n) is 6.03. The second kappa shape index (κ2) is 9.24. The lowest BCUT2D eigenvalue weighted by Crippen LogP contribution is -2.18. The summed E-state index contributed by atoms with van der Waals surface area (Å²) in [5.74, 6) is 2.31. The molecule has 3 N–H and O–H groups in total. The number of benzene rings is 1. The first kappa shape index (κ1) is 18.3. The van der Waals surface area contributed by atoms with Gasteiger partial charge in [0.1, 0.15) is 0 Å². The third-order valence-electron chi connectivity index (χ3n) is 4.11. The minimum absolute atomic E-state index is 0.0711. The maximum Gasteiger partial charge on any atom is 0.255 e. The van der Waals surface area contributed by atoms with E-state index >= 15 is 0 Å². The van der Waals surface area contributed by atoms with Gasteiger partial charge in [-0.2, -0.15) is 11.8 Å². The van der Waals surface area contributed by atoms with Crippen LogP contribution in [0.25, 0.3) is 0 Å². The van der Waals surface area contributed by atoms with Crippen LogP contribution in [0.5, 0.6) is 0 Å². The fourth-order valence-electron chi connectivity index (χ4n) is 2.56. The molecule has 0 atom stereocenters. The molecule has 0 saturated heterocycles. The number of anilines is 1. The van der Waals surface area contributed by atoms with Gasteiger partial charge in [0.25, 0.3) is 5.56 Å². The maximum atomic E-state index is 12.2. The van der Waals surface area contributed by atoms with Crippen molar-refractivity contribution >= 4 is 17.7 Å². The lowest BCUT2D eigenvalue weighted by Gasteiger charge is -2.06. The molecule has 0 saturated carbocycles. The number of nitrogens with one attached hydrogen (secondary N) is 3. The van der Waals surface area contributed by atoms with Gasteiger partial charge in [0.2, 0.25) is 5.95 Å². The van der Waals surface area contributed by atoms with Crippen LogP contribution >= 0.6 is 11.8 Å². The lowest BCUT2D eigenvalue weighted by molar-refractivity contribution is 0.911. The average Bonchev–Trinajstić information content (AvgIpc) is 3.06. The second-order valence-corrected chi connectivity index (χ2v) is 7.13. The average molecular weight is 369 g/mol. The molecule has 2 aromatic heterocycles. The number of thioether (sulfide) groups is 1. The molecule has 3 aromatic rings. The summed E-state index contributed by atoms with van der Waals surface area (Å²) in [4.78, 5) is 26.7. The number of H-pyrrole nitrogens is 2. The molecule has 0 aliphatic carbocycles. The number of hydrogen-bond donors (Lipinski definition) is 3. The van der Waals surface area contributed by atoms with E-state index < -0.39 is 0 Å². The minimum Gasteiger partial charge on any atom is -0.355 e. The van der Waals surface area contributed by atoms with Gasteiger partial charge < -0.3 is 10.3 Å². The highest BCUT2D eigenvalue weighted by Gasteiger charge is 2.04. The van der Waals surface area contributed by atoms with Gasteiger partial charge in [-0.05, 0) is 25.3 Å². The van der Waals surface area contributed by atoms with Gasteiger partial charge in [-0.1, -0.05) is 30.3 Å². The number of aromatic amines is 2. The molecule has 0 fully saturated rings. The fourth-order valence-corrected chi connectivity index (χ4v) is 3.43. The first-order valence-electron chi connectivity index (χ1n) is 8.65. The van der Waals surface area contributed by atoms with E-state index in [1.807, 2.05) is 25.1 Å². The highest BCUT2D eigenvalue weighted by atomic mass is 32.2. The zero-order valence-corrected chi connectivity index (χ0v) is 15.6. The van der Waals surface area contributed by atoms with Crippen molar-refractivity contribution in [2.24, 2.45) is 0 Å². The molecule has 0 aliphatic rings. The largest absolute Gasteiger partial charge is 0.355 e. The third-order valence-corrected chi connectivity index (χ3v) is 5.08. The number of aryl methyl sites for hydroxylation is 3. The first-order valence-corrected chi connectivity index (χ1v) is 9.80. The highest BCUT2D eigenvalue weighted by molar-refractivity contribution is 7.98. The molecule has 0 spiro atoms. The van der Waals surface area contributed by atoms with Crippen molar-refractivity contribution in [3.05, 3.63) is 75.7 Å². The summed E-state index contributed by atoms with van der Waals surface area (Å²) in [6.45, 7) is 2.76. The summed E-state index contributed by atoms with van der Waals surface area (Å²) in [5.41, 5.74) is 4.06. The topological polar surface area (TPSA) is 86.5 Å². The van der Waals surface area contributed by atoms with Crippen LogP contribution in [0.2, 0.25) is 0 Å². The Morgan fingerprint density at radius 3 is 2.73 bits per heavy atom. The molecule has 0 aliphatic heterocycles. The Bertz CT molecular complexity index is 875. The molecule has 7 heteroatoms. The van der Waals surface area contributed by atoms with E-state index in [9.17, 15) is 4.79 Å². The fraction of sp³-hybridized carbons (Fsp3) is 0.316. The van der Waals surface area contributed by atoms with E-state index in [-0.39, 0.29) is 5.56 Å². The highest BCUT2D eigenvalue weighted by Crippen LogP contribution is 2.12. The van der Waals surface area contributed by atoms with Crippen LogP contribution in [0.1, 0.15) is 22.5 Å². The Morgan fingerprint density at radius 1 is 1.15 bits per heavy atom. The van der Waals surface area contributed by atoms with Gasteiger partial charge >= 0.3 is 0 Å². The molecular formula is C19H23N5OS. The molecular weight excluding hydrogens is 346 g/mol. The number of imidazole rings is 1. The molecule has 3 rings (SSSR count). The lowest BCUT2D eigenvalue weighted by atomic mass is 10.1. The molecule has 2 heterocycles. The molecule has 136 valence electrons. The van der Waals surface area contributed by atoms with Gasteiger partial charge in [-0.3, -0.25) is 9.78 Å². The Morgan fingerprint density at radius 2 is 2.00 bits per heavy atom. The SMILES string of the molecule is Cc1[nH]cnc1CSCCNc1ncc(CCc2ccccc2)c(=O)[nH]1. The molecule has 6 nitrogen and oxygen atoms in total. The van der Waals surface area contributed by atoms with Gasteiger partial charge in [0.15, 0.2) is 0 Å². The molecule has 26 heavy (non-hydrogen) atoms.